The molecule has 0 aliphatic carbocycles. The first-order valence-electron chi connectivity index (χ1n) is 8.91. The number of nitrogens with zero attached hydrogens (tertiary/aromatic N) is 2. The summed E-state index contributed by atoms with van der Waals surface area (Å²) in [7, 11) is 3.18. The van der Waals surface area contributed by atoms with Crippen LogP contribution in [0, 0.1) is 0 Å². The summed E-state index contributed by atoms with van der Waals surface area (Å²) in [4.78, 5) is 19.1. The Hall–Kier alpha value is -2.76. The maximum Gasteiger partial charge on any atom is 0.230 e. The molecule has 0 bridgehead atoms. The molecule has 0 atom stereocenters. The Morgan fingerprint density at radius 3 is 2.58 bits per heavy atom. The van der Waals surface area contributed by atoms with Gasteiger partial charge in [0.15, 0.2) is 0 Å². The van der Waals surface area contributed by atoms with Crippen molar-refractivity contribution in [3.05, 3.63) is 42.1 Å². The zero-order valence-electron chi connectivity index (χ0n) is 15.3. The molecule has 1 saturated heterocycles. The maximum atomic E-state index is 12.4. The lowest BCUT2D eigenvalue weighted by atomic mass is 10.1. The van der Waals surface area contributed by atoms with Gasteiger partial charge in [-0.05, 0) is 49.6 Å². The third-order valence-corrected chi connectivity index (χ3v) is 4.58. The molecule has 0 radical (unpaired) electrons. The van der Waals surface area contributed by atoms with Gasteiger partial charge in [-0.25, -0.2) is 4.98 Å². The molecule has 2 heterocycles. The molecule has 6 heteroatoms. The van der Waals surface area contributed by atoms with E-state index in [0.717, 1.165) is 24.3 Å². The number of anilines is 2. The smallest absolute Gasteiger partial charge is 0.230 e. The minimum atomic E-state index is -0.144. The van der Waals surface area contributed by atoms with Gasteiger partial charge in [0.2, 0.25) is 5.91 Å². The van der Waals surface area contributed by atoms with Gasteiger partial charge in [-0.15, -0.1) is 0 Å². The molecule has 2 aromatic rings. The molecule has 1 N–H and O–H groups in total. The molecule has 3 rings (SSSR count). The Kier molecular flexibility index (Phi) is 5.94. The average Bonchev–Trinajstić information content (AvgIpc) is 2.69. The SMILES string of the molecule is COc1ccc(OC)c(CC(=O)Nc2ccc(N3CCCCC3)cn2)c1. The number of ether oxygens (including phenoxy) is 2. The lowest BCUT2D eigenvalue weighted by Crippen LogP contribution is -2.29. The van der Waals surface area contributed by atoms with Gasteiger partial charge in [0.05, 0.1) is 32.5 Å². The lowest BCUT2D eigenvalue weighted by molar-refractivity contribution is -0.115. The molecule has 0 spiro atoms. The number of piperidine rings is 1. The Bertz CT molecular complexity index is 740. The van der Waals surface area contributed by atoms with E-state index < -0.39 is 0 Å². The summed E-state index contributed by atoms with van der Waals surface area (Å²) in [6.45, 7) is 2.14. The summed E-state index contributed by atoms with van der Waals surface area (Å²) >= 11 is 0. The van der Waals surface area contributed by atoms with Gasteiger partial charge in [0.1, 0.15) is 17.3 Å². The van der Waals surface area contributed by atoms with Crippen molar-refractivity contribution in [3.8, 4) is 11.5 Å². The van der Waals surface area contributed by atoms with Crippen LogP contribution in [0.4, 0.5) is 11.5 Å². The van der Waals surface area contributed by atoms with Crippen molar-refractivity contribution in [3.63, 3.8) is 0 Å². The van der Waals surface area contributed by atoms with E-state index in [2.05, 4.69) is 15.2 Å². The Balaban J connectivity index is 1.63. The summed E-state index contributed by atoms with van der Waals surface area (Å²) < 4.78 is 10.5. The van der Waals surface area contributed by atoms with E-state index in [9.17, 15) is 4.79 Å². The molecule has 0 saturated carbocycles. The molecule has 1 aromatic carbocycles. The van der Waals surface area contributed by atoms with Crippen molar-refractivity contribution in [1.29, 1.82) is 0 Å². The predicted octanol–water partition coefficient (Wildman–Crippen LogP) is 3.27. The molecular weight excluding hydrogens is 330 g/mol. The van der Waals surface area contributed by atoms with E-state index in [1.807, 2.05) is 24.4 Å². The number of pyridine rings is 1. The second-order valence-electron chi connectivity index (χ2n) is 6.35. The first-order valence-corrected chi connectivity index (χ1v) is 8.91. The van der Waals surface area contributed by atoms with Gasteiger partial charge in [-0.1, -0.05) is 0 Å². The van der Waals surface area contributed by atoms with Crippen LogP contribution in [0.1, 0.15) is 24.8 Å². The molecular formula is C20H25N3O3. The molecule has 1 aromatic heterocycles. The highest BCUT2D eigenvalue weighted by molar-refractivity contribution is 5.91. The average molecular weight is 355 g/mol. The maximum absolute atomic E-state index is 12.4. The van der Waals surface area contributed by atoms with E-state index in [1.54, 1.807) is 26.4 Å². The Labute approximate surface area is 154 Å². The van der Waals surface area contributed by atoms with Crippen LogP contribution in [0.15, 0.2) is 36.5 Å². The first kappa shape index (κ1) is 18.0. The number of nitrogens with one attached hydrogen (secondary N) is 1. The van der Waals surface area contributed by atoms with Crippen molar-refractivity contribution in [2.24, 2.45) is 0 Å². The number of benzene rings is 1. The van der Waals surface area contributed by atoms with E-state index >= 15 is 0 Å². The van der Waals surface area contributed by atoms with E-state index in [0.29, 0.717) is 17.3 Å². The number of hydrogen-bond donors (Lipinski definition) is 1. The standard InChI is InChI=1S/C20H25N3O3/c1-25-17-7-8-18(26-2)15(12-17)13-20(24)22-19-9-6-16(14-21-19)23-10-4-3-5-11-23/h6-9,12,14H,3-5,10-11,13H2,1-2H3,(H,21,22,24). The van der Waals surface area contributed by atoms with E-state index in [1.165, 1.54) is 19.3 Å². The molecule has 1 aliphatic rings. The van der Waals surface area contributed by atoms with Crippen LogP contribution in [0.5, 0.6) is 11.5 Å². The third kappa shape index (κ3) is 4.45. The van der Waals surface area contributed by atoms with Gasteiger partial charge in [0.25, 0.3) is 0 Å². The fraction of sp³-hybridized carbons (Fsp3) is 0.400. The second kappa shape index (κ2) is 8.56. The van der Waals surface area contributed by atoms with Gasteiger partial charge >= 0.3 is 0 Å². The normalized spacial score (nSPS) is 14.0. The molecule has 0 unspecified atom stereocenters. The van der Waals surface area contributed by atoms with Crippen LogP contribution in [0.2, 0.25) is 0 Å². The molecule has 138 valence electrons. The number of methoxy groups -OCH3 is 2. The number of amides is 1. The van der Waals surface area contributed by atoms with Crippen LogP contribution in [0.25, 0.3) is 0 Å². The molecule has 1 aliphatic heterocycles. The van der Waals surface area contributed by atoms with Gasteiger partial charge in [0, 0.05) is 18.7 Å². The van der Waals surface area contributed by atoms with Crippen LogP contribution < -0.4 is 19.7 Å². The largest absolute Gasteiger partial charge is 0.497 e. The quantitative estimate of drug-likeness (QED) is 0.862. The van der Waals surface area contributed by atoms with Gasteiger partial charge in [-0.3, -0.25) is 4.79 Å². The number of carbonyl (C=O) groups is 1. The summed E-state index contributed by atoms with van der Waals surface area (Å²) in [5.74, 6) is 1.76. The zero-order chi connectivity index (χ0) is 18.4. The van der Waals surface area contributed by atoms with Crippen LogP contribution in [0.3, 0.4) is 0 Å². The fourth-order valence-electron chi connectivity index (χ4n) is 3.18. The van der Waals surface area contributed by atoms with Crippen molar-refractivity contribution in [1.82, 2.24) is 4.98 Å². The van der Waals surface area contributed by atoms with Crippen LogP contribution in [-0.4, -0.2) is 38.2 Å². The van der Waals surface area contributed by atoms with Crippen molar-refractivity contribution < 1.29 is 14.3 Å². The van der Waals surface area contributed by atoms with Crippen LogP contribution >= 0.6 is 0 Å². The number of carbonyl (C=O) groups excluding carboxylic acids is 1. The molecule has 6 nitrogen and oxygen atoms in total. The summed E-state index contributed by atoms with van der Waals surface area (Å²) in [6, 6.07) is 9.28. The van der Waals surface area contributed by atoms with Crippen LogP contribution in [-0.2, 0) is 11.2 Å². The topological polar surface area (TPSA) is 63.7 Å². The lowest BCUT2D eigenvalue weighted by Gasteiger charge is -2.28. The highest BCUT2D eigenvalue weighted by Crippen LogP contribution is 2.25. The number of hydrogen-bond acceptors (Lipinski definition) is 5. The third-order valence-electron chi connectivity index (χ3n) is 4.58. The van der Waals surface area contributed by atoms with E-state index in [4.69, 9.17) is 9.47 Å². The predicted molar refractivity (Wildman–Crippen MR) is 102 cm³/mol. The van der Waals surface area contributed by atoms with Crippen molar-refractivity contribution >= 4 is 17.4 Å². The van der Waals surface area contributed by atoms with Gasteiger partial charge in [-0.2, -0.15) is 0 Å². The van der Waals surface area contributed by atoms with Crippen molar-refractivity contribution in [2.75, 3.05) is 37.5 Å². The highest BCUT2D eigenvalue weighted by Gasteiger charge is 2.13. The minimum absolute atomic E-state index is 0.144. The summed E-state index contributed by atoms with van der Waals surface area (Å²) in [5.41, 5.74) is 1.88. The number of aromatic nitrogens is 1. The summed E-state index contributed by atoms with van der Waals surface area (Å²) in [6.07, 6.45) is 5.76. The molecule has 1 fully saturated rings. The molecule has 1 amide bonds. The minimum Gasteiger partial charge on any atom is -0.497 e. The van der Waals surface area contributed by atoms with E-state index in [-0.39, 0.29) is 12.3 Å². The first-order chi connectivity index (χ1) is 12.7. The Morgan fingerprint density at radius 1 is 1.12 bits per heavy atom. The van der Waals surface area contributed by atoms with Crippen molar-refractivity contribution in [2.45, 2.75) is 25.7 Å². The number of rotatable bonds is 6. The molecule has 26 heavy (non-hydrogen) atoms. The Morgan fingerprint density at radius 2 is 1.92 bits per heavy atom. The highest BCUT2D eigenvalue weighted by atomic mass is 16.5. The fourth-order valence-corrected chi connectivity index (χ4v) is 3.18. The zero-order valence-corrected chi connectivity index (χ0v) is 15.3. The monoisotopic (exact) mass is 355 g/mol. The summed E-state index contributed by atoms with van der Waals surface area (Å²) in [5, 5.41) is 2.84. The van der Waals surface area contributed by atoms with Gasteiger partial charge < -0.3 is 19.7 Å². The second-order valence-corrected chi connectivity index (χ2v) is 6.35.